The van der Waals surface area contributed by atoms with Crippen LogP contribution in [0.25, 0.3) is 11.3 Å². The van der Waals surface area contributed by atoms with E-state index in [1.54, 1.807) is 44.6 Å². The van der Waals surface area contributed by atoms with Crippen LogP contribution < -0.4 is 21.7 Å². The quantitative estimate of drug-likeness (QED) is 0.222. The number of hydrogen-bond donors (Lipinski definition) is 3. The van der Waals surface area contributed by atoms with E-state index in [4.69, 9.17) is 4.84 Å². The Balaban J connectivity index is 1.29. The molecule has 2 amide bonds. The topological polar surface area (TPSA) is 121 Å². The molecular formula is C36H43N7O4. The van der Waals surface area contributed by atoms with Gasteiger partial charge in [0.05, 0.1) is 19.5 Å². The molecule has 0 spiro atoms. The fourth-order valence-corrected chi connectivity index (χ4v) is 5.46. The van der Waals surface area contributed by atoms with Gasteiger partial charge in [-0.1, -0.05) is 45.0 Å². The Labute approximate surface area is 275 Å². The molecule has 0 radical (unpaired) electrons. The third kappa shape index (κ3) is 7.94. The molecule has 47 heavy (non-hydrogen) atoms. The Bertz CT molecular complexity index is 1790. The van der Waals surface area contributed by atoms with Crippen molar-refractivity contribution in [3.63, 3.8) is 0 Å². The number of nitrogens with one attached hydrogen (secondary N) is 3. The fraction of sp³-hybridized carbons (Fsp3) is 0.333. The van der Waals surface area contributed by atoms with E-state index in [0.29, 0.717) is 48.0 Å². The molecule has 0 bridgehead atoms. The molecule has 1 aliphatic heterocycles. The van der Waals surface area contributed by atoms with Crippen LogP contribution in [0, 0.1) is 6.92 Å². The van der Waals surface area contributed by atoms with Crippen molar-refractivity contribution >= 4 is 29.0 Å². The summed E-state index contributed by atoms with van der Waals surface area (Å²) in [6, 6.07) is 20.3. The van der Waals surface area contributed by atoms with Crippen LogP contribution in [0.3, 0.4) is 0 Å². The molecule has 3 N–H and O–H groups in total. The number of aryl methyl sites for hydroxylation is 1. The Hall–Kier alpha value is -4.84. The lowest BCUT2D eigenvalue weighted by Gasteiger charge is -2.34. The van der Waals surface area contributed by atoms with Gasteiger partial charge in [-0.25, -0.2) is 4.98 Å². The van der Waals surface area contributed by atoms with Gasteiger partial charge in [0, 0.05) is 67.5 Å². The normalized spacial score (nSPS) is 13.8. The van der Waals surface area contributed by atoms with Crippen molar-refractivity contribution in [3.05, 3.63) is 106 Å². The van der Waals surface area contributed by atoms with Crippen LogP contribution in [0.2, 0.25) is 0 Å². The minimum Gasteiger partial charge on any atom is -0.336 e. The molecule has 5 rings (SSSR count). The molecule has 11 nitrogen and oxygen atoms in total. The number of nitrogens with zero attached hydrogens (tertiary/aromatic N) is 4. The van der Waals surface area contributed by atoms with Gasteiger partial charge in [0.25, 0.3) is 17.4 Å². The summed E-state index contributed by atoms with van der Waals surface area (Å²) in [5.41, 5.74) is 8.31. The molecule has 0 atom stereocenters. The summed E-state index contributed by atoms with van der Waals surface area (Å²) in [6.45, 7) is 11.7. The average molecular weight is 638 g/mol. The van der Waals surface area contributed by atoms with E-state index in [2.05, 4.69) is 46.8 Å². The van der Waals surface area contributed by atoms with Crippen molar-refractivity contribution in [2.75, 3.05) is 50.6 Å². The van der Waals surface area contributed by atoms with Gasteiger partial charge in [0.15, 0.2) is 5.82 Å². The molecule has 3 aromatic carbocycles. The molecule has 0 unspecified atom stereocenters. The number of anilines is 3. The van der Waals surface area contributed by atoms with Gasteiger partial charge in [-0.3, -0.25) is 19.3 Å². The maximum absolute atomic E-state index is 13.1. The maximum Gasteiger partial charge on any atom is 0.293 e. The largest absolute Gasteiger partial charge is 0.336 e. The summed E-state index contributed by atoms with van der Waals surface area (Å²) in [6.07, 6.45) is 1.68. The second kappa shape index (κ2) is 14.3. The number of carbonyl (C=O) groups is 2. The van der Waals surface area contributed by atoms with E-state index in [-0.39, 0.29) is 28.6 Å². The lowest BCUT2D eigenvalue weighted by Crippen LogP contribution is -2.50. The van der Waals surface area contributed by atoms with Gasteiger partial charge < -0.3 is 24.9 Å². The van der Waals surface area contributed by atoms with Gasteiger partial charge in [-0.15, -0.1) is 0 Å². The number of aromatic nitrogens is 2. The van der Waals surface area contributed by atoms with E-state index in [1.165, 1.54) is 4.57 Å². The number of hydroxylamine groups is 1. The second-order valence-corrected chi connectivity index (χ2v) is 12.8. The zero-order chi connectivity index (χ0) is 33.7. The number of benzene rings is 3. The zero-order valence-electron chi connectivity index (χ0n) is 27.9. The number of hydrogen-bond acceptors (Lipinski definition) is 8. The molecular weight excluding hydrogens is 594 g/mol. The molecule has 1 fully saturated rings. The van der Waals surface area contributed by atoms with Crippen LogP contribution >= 0.6 is 0 Å². The molecule has 11 heteroatoms. The third-order valence-corrected chi connectivity index (χ3v) is 8.43. The van der Waals surface area contributed by atoms with Crippen LogP contribution in [-0.4, -0.2) is 71.1 Å². The van der Waals surface area contributed by atoms with Crippen molar-refractivity contribution in [2.24, 2.45) is 7.05 Å². The highest BCUT2D eigenvalue weighted by molar-refractivity contribution is 6.05. The molecule has 2 heterocycles. The Morgan fingerprint density at radius 3 is 2.21 bits per heavy atom. The van der Waals surface area contributed by atoms with E-state index in [0.717, 1.165) is 29.8 Å². The van der Waals surface area contributed by atoms with Gasteiger partial charge in [0.2, 0.25) is 0 Å². The van der Waals surface area contributed by atoms with Crippen LogP contribution in [0.15, 0.2) is 77.7 Å². The fourth-order valence-electron chi connectivity index (χ4n) is 5.46. The van der Waals surface area contributed by atoms with Crippen LogP contribution in [0.1, 0.15) is 52.6 Å². The summed E-state index contributed by atoms with van der Waals surface area (Å²) in [5, 5.41) is 6.16. The molecule has 0 saturated carbocycles. The first-order chi connectivity index (χ1) is 22.4. The monoisotopic (exact) mass is 637 g/mol. The summed E-state index contributed by atoms with van der Waals surface area (Å²) in [4.78, 5) is 52.9. The average Bonchev–Trinajstić information content (AvgIpc) is 3.06. The number of rotatable bonds is 9. The van der Waals surface area contributed by atoms with Gasteiger partial charge in [0.1, 0.15) is 0 Å². The van der Waals surface area contributed by atoms with Crippen LogP contribution in [0.5, 0.6) is 0 Å². The van der Waals surface area contributed by atoms with E-state index in [9.17, 15) is 14.4 Å². The van der Waals surface area contributed by atoms with E-state index < -0.39 is 0 Å². The third-order valence-electron chi connectivity index (χ3n) is 8.43. The lowest BCUT2D eigenvalue weighted by atomic mass is 9.86. The SMILES string of the molecule is CONCN1CCN(C(=O)c2ccc(Nc3nc(-c4cccc(NC(=O)c5ccc(C(C)(C)C)cc5)c4C)cn(C)c3=O)cc2)CC1. The van der Waals surface area contributed by atoms with Gasteiger partial charge in [-0.2, -0.15) is 5.48 Å². The minimum absolute atomic E-state index is 0.00202. The van der Waals surface area contributed by atoms with Crippen molar-refractivity contribution in [1.29, 1.82) is 0 Å². The van der Waals surface area contributed by atoms with Crippen LogP contribution in [0.4, 0.5) is 17.2 Å². The predicted octanol–water partition coefficient (Wildman–Crippen LogP) is 4.92. The van der Waals surface area contributed by atoms with Gasteiger partial charge in [-0.05, 0) is 65.9 Å². The van der Waals surface area contributed by atoms with E-state index >= 15 is 0 Å². The van der Waals surface area contributed by atoms with Crippen molar-refractivity contribution in [3.8, 4) is 11.3 Å². The molecule has 246 valence electrons. The van der Waals surface area contributed by atoms with Gasteiger partial charge >= 0.3 is 0 Å². The summed E-state index contributed by atoms with van der Waals surface area (Å²) >= 11 is 0. The Morgan fingerprint density at radius 2 is 1.57 bits per heavy atom. The first-order valence-electron chi connectivity index (χ1n) is 15.7. The summed E-state index contributed by atoms with van der Waals surface area (Å²) in [7, 11) is 3.26. The summed E-state index contributed by atoms with van der Waals surface area (Å²) in [5.74, 6) is -0.0843. The Kier molecular flexibility index (Phi) is 10.2. The Morgan fingerprint density at radius 1 is 0.915 bits per heavy atom. The predicted molar refractivity (Wildman–Crippen MR) is 185 cm³/mol. The molecule has 0 aliphatic carbocycles. The summed E-state index contributed by atoms with van der Waals surface area (Å²) < 4.78 is 1.48. The molecule has 1 saturated heterocycles. The zero-order valence-corrected chi connectivity index (χ0v) is 27.9. The molecule has 4 aromatic rings. The van der Waals surface area contributed by atoms with Crippen LogP contribution in [-0.2, 0) is 17.3 Å². The number of amides is 2. The highest BCUT2D eigenvalue weighted by atomic mass is 16.6. The van der Waals surface area contributed by atoms with E-state index in [1.807, 2.05) is 54.3 Å². The standard InChI is InChI=1S/C36H43N7O4/c1-24-29(8-7-9-30(24)40-33(44)25-10-14-27(15-11-25)36(2,3)4)31-22-41(5)35(46)32(39-31)38-28-16-12-26(13-17-28)34(45)43-20-18-42(19-21-43)23-37-47-6/h7-17,22,37H,18-21,23H2,1-6H3,(H,38,39)(H,40,44). The number of piperazine rings is 1. The highest BCUT2D eigenvalue weighted by Crippen LogP contribution is 2.29. The highest BCUT2D eigenvalue weighted by Gasteiger charge is 2.22. The minimum atomic E-state index is -0.296. The first-order valence-corrected chi connectivity index (χ1v) is 15.7. The molecule has 1 aromatic heterocycles. The number of carbonyl (C=O) groups excluding carboxylic acids is 2. The maximum atomic E-state index is 13.1. The second-order valence-electron chi connectivity index (χ2n) is 12.8. The van der Waals surface area contributed by atoms with Crippen molar-refractivity contribution in [1.82, 2.24) is 24.8 Å². The molecule has 1 aliphatic rings. The smallest absolute Gasteiger partial charge is 0.293 e. The lowest BCUT2D eigenvalue weighted by molar-refractivity contribution is 0.0270. The van der Waals surface area contributed by atoms with Crippen molar-refractivity contribution in [2.45, 2.75) is 33.1 Å². The van der Waals surface area contributed by atoms with Crippen molar-refractivity contribution < 1.29 is 14.4 Å². The first kappa shape index (κ1) is 33.5.